The van der Waals surface area contributed by atoms with Gasteiger partial charge in [0.25, 0.3) is 11.7 Å². The molecule has 3 aromatic carbocycles. The number of carbonyl (C=O) groups excluding carboxylic acids is 2. The molecular formula is C26H23NO5. The molecule has 1 atom stereocenters. The zero-order valence-electron chi connectivity index (χ0n) is 17.6. The van der Waals surface area contributed by atoms with E-state index in [4.69, 9.17) is 4.74 Å². The first kappa shape index (κ1) is 21.2. The molecule has 1 aliphatic rings. The number of phenolic OH excluding ortho intramolecular Hbond substituents is 1. The number of aliphatic hydroxyl groups excluding tert-OH is 1. The van der Waals surface area contributed by atoms with Gasteiger partial charge in [0.2, 0.25) is 0 Å². The summed E-state index contributed by atoms with van der Waals surface area (Å²) in [6.45, 7) is 2.57. The highest BCUT2D eigenvalue weighted by Crippen LogP contribution is 2.41. The number of carbonyl (C=O) groups is 2. The lowest BCUT2D eigenvalue weighted by atomic mass is 9.95. The average molecular weight is 429 g/mol. The molecule has 6 nitrogen and oxygen atoms in total. The average Bonchev–Trinajstić information content (AvgIpc) is 3.05. The summed E-state index contributed by atoms with van der Waals surface area (Å²) >= 11 is 0. The molecule has 4 rings (SSSR count). The second kappa shape index (κ2) is 8.98. The second-order valence-electron chi connectivity index (χ2n) is 7.46. The summed E-state index contributed by atoms with van der Waals surface area (Å²) in [4.78, 5) is 27.5. The number of nitrogens with zero attached hydrogens (tertiary/aromatic N) is 1. The first-order valence-electron chi connectivity index (χ1n) is 10.3. The summed E-state index contributed by atoms with van der Waals surface area (Å²) in [5.41, 5.74) is 1.77. The molecule has 0 saturated carbocycles. The number of Topliss-reactive ketones (excluding diaryl/α,β-unsaturated/α-hetero) is 1. The Morgan fingerprint density at radius 3 is 2.34 bits per heavy atom. The molecule has 0 bridgehead atoms. The molecule has 0 spiro atoms. The van der Waals surface area contributed by atoms with Gasteiger partial charge in [0.15, 0.2) is 0 Å². The predicted molar refractivity (Wildman–Crippen MR) is 120 cm³/mol. The number of ether oxygens (including phenoxy) is 1. The summed E-state index contributed by atoms with van der Waals surface area (Å²) < 4.78 is 5.44. The van der Waals surface area contributed by atoms with E-state index in [1.54, 1.807) is 36.4 Å². The third kappa shape index (κ3) is 4.07. The molecule has 6 heteroatoms. The summed E-state index contributed by atoms with van der Waals surface area (Å²) in [6.07, 6.45) is 0. The molecule has 162 valence electrons. The van der Waals surface area contributed by atoms with Gasteiger partial charge in [-0.1, -0.05) is 42.5 Å². The number of ketones is 1. The normalized spacial score (nSPS) is 17.5. The maximum atomic E-state index is 13.1. The Morgan fingerprint density at radius 1 is 0.969 bits per heavy atom. The van der Waals surface area contributed by atoms with Gasteiger partial charge in [-0.15, -0.1) is 0 Å². The van der Waals surface area contributed by atoms with E-state index in [1.165, 1.54) is 17.0 Å². The minimum atomic E-state index is -0.839. The number of amides is 1. The first-order valence-corrected chi connectivity index (χ1v) is 10.3. The smallest absolute Gasteiger partial charge is 0.295 e. The fourth-order valence-electron chi connectivity index (χ4n) is 3.90. The molecule has 0 radical (unpaired) electrons. The lowest BCUT2D eigenvalue weighted by molar-refractivity contribution is -0.140. The van der Waals surface area contributed by atoms with Crippen LogP contribution in [0.4, 0.5) is 0 Å². The van der Waals surface area contributed by atoms with Crippen molar-refractivity contribution in [3.8, 4) is 11.5 Å². The van der Waals surface area contributed by atoms with Gasteiger partial charge in [-0.05, 0) is 54.4 Å². The highest BCUT2D eigenvalue weighted by molar-refractivity contribution is 6.46. The van der Waals surface area contributed by atoms with E-state index in [0.717, 1.165) is 5.56 Å². The van der Waals surface area contributed by atoms with Gasteiger partial charge in [-0.25, -0.2) is 0 Å². The number of hydrogen-bond acceptors (Lipinski definition) is 5. The molecule has 1 amide bonds. The molecule has 0 aromatic heterocycles. The molecule has 32 heavy (non-hydrogen) atoms. The van der Waals surface area contributed by atoms with Gasteiger partial charge in [-0.3, -0.25) is 9.59 Å². The van der Waals surface area contributed by atoms with Gasteiger partial charge < -0.3 is 19.8 Å². The van der Waals surface area contributed by atoms with Crippen molar-refractivity contribution in [2.75, 3.05) is 6.61 Å². The number of benzene rings is 3. The molecule has 3 aromatic rings. The van der Waals surface area contributed by atoms with Gasteiger partial charge in [0.1, 0.15) is 17.3 Å². The topological polar surface area (TPSA) is 87.1 Å². The van der Waals surface area contributed by atoms with Crippen LogP contribution >= 0.6 is 0 Å². The molecule has 1 saturated heterocycles. The van der Waals surface area contributed by atoms with Crippen molar-refractivity contribution in [1.29, 1.82) is 0 Å². The second-order valence-corrected chi connectivity index (χ2v) is 7.46. The molecule has 0 unspecified atom stereocenters. The monoisotopic (exact) mass is 429 g/mol. The van der Waals surface area contributed by atoms with Crippen LogP contribution in [0.25, 0.3) is 5.76 Å². The summed E-state index contributed by atoms with van der Waals surface area (Å²) in [7, 11) is 0. The van der Waals surface area contributed by atoms with E-state index in [1.807, 2.05) is 37.3 Å². The third-order valence-electron chi connectivity index (χ3n) is 5.36. The molecule has 0 aliphatic carbocycles. The van der Waals surface area contributed by atoms with Crippen LogP contribution in [-0.2, 0) is 16.1 Å². The SMILES string of the molecule is CCOc1ccc(C(O)=C2C(=O)C(=O)N(Cc3ccccc3)[C@@H]2c2cccc(O)c2)cc1. The van der Waals surface area contributed by atoms with Crippen molar-refractivity contribution in [2.45, 2.75) is 19.5 Å². The number of hydrogen-bond donors (Lipinski definition) is 2. The Hall–Kier alpha value is -4.06. The van der Waals surface area contributed by atoms with Gasteiger partial charge in [0, 0.05) is 12.1 Å². The largest absolute Gasteiger partial charge is 0.508 e. The van der Waals surface area contributed by atoms with Gasteiger partial charge in [-0.2, -0.15) is 0 Å². The van der Waals surface area contributed by atoms with Gasteiger partial charge in [0.05, 0.1) is 18.2 Å². The Bertz CT molecular complexity index is 1170. The van der Waals surface area contributed by atoms with E-state index in [0.29, 0.717) is 23.5 Å². The quantitative estimate of drug-likeness (QED) is 0.344. The number of rotatable bonds is 6. The van der Waals surface area contributed by atoms with E-state index in [2.05, 4.69) is 0 Å². The van der Waals surface area contributed by atoms with Crippen LogP contribution in [0.5, 0.6) is 11.5 Å². The van der Waals surface area contributed by atoms with Crippen molar-refractivity contribution < 1.29 is 24.5 Å². The van der Waals surface area contributed by atoms with Crippen LogP contribution in [0, 0.1) is 0 Å². The molecule has 1 heterocycles. The number of aliphatic hydroxyl groups is 1. The fourth-order valence-corrected chi connectivity index (χ4v) is 3.90. The van der Waals surface area contributed by atoms with Crippen molar-refractivity contribution in [2.24, 2.45) is 0 Å². The van der Waals surface area contributed by atoms with Crippen molar-refractivity contribution in [1.82, 2.24) is 4.90 Å². The van der Waals surface area contributed by atoms with Crippen LogP contribution in [0.1, 0.15) is 29.7 Å². The van der Waals surface area contributed by atoms with Crippen LogP contribution in [-0.4, -0.2) is 33.4 Å². The van der Waals surface area contributed by atoms with E-state index in [9.17, 15) is 19.8 Å². The minimum Gasteiger partial charge on any atom is -0.508 e. The molecule has 1 aliphatic heterocycles. The zero-order chi connectivity index (χ0) is 22.7. The Morgan fingerprint density at radius 2 is 1.69 bits per heavy atom. The molecule has 1 fully saturated rings. The number of likely N-dealkylation sites (tertiary alicyclic amines) is 1. The minimum absolute atomic E-state index is 0.00821. The maximum absolute atomic E-state index is 13.1. The Labute approximate surface area is 186 Å². The number of aromatic hydroxyl groups is 1. The first-order chi connectivity index (χ1) is 15.5. The zero-order valence-corrected chi connectivity index (χ0v) is 17.6. The van der Waals surface area contributed by atoms with Crippen LogP contribution in [0.3, 0.4) is 0 Å². The standard InChI is InChI=1S/C26H23NO5/c1-2-32-21-13-11-18(12-14-21)24(29)22-23(19-9-6-10-20(28)15-19)27(26(31)25(22)30)16-17-7-4-3-5-8-17/h3-15,23,28-29H,2,16H2,1H3/t23-/m1/s1. The summed E-state index contributed by atoms with van der Waals surface area (Å²) in [6, 6.07) is 21.5. The summed E-state index contributed by atoms with van der Waals surface area (Å²) in [5, 5.41) is 21.1. The van der Waals surface area contributed by atoms with Gasteiger partial charge >= 0.3 is 0 Å². The van der Waals surface area contributed by atoms with Crippen LogP contribution < -0.4 is 4.74 Å². The van der Waals surface area contributed by atoms with Crippen LogP contribution in [0.15, 0.2) is 84.4 Å². The third-order valence-corrected chi connectivity index (χ3v) is 5.36. The maximum Gasteiger partial charge on any atom is 0.295 e. The van der Waals surface area contributed by atoms with Crippen molar-refractivity contribution in [3.05, 3.63) is 101 Å². The predicted octanol–water partition coefficient (Wildman–Crippen LogP) is 4.41. The van der Waals surface area contributed by atoms with E-state index >= 15 is 0 Å². The van der Waals surface area contributed by atoms with Crippen molar-refractivity contribution >= 4 is 17.4 Å². The Balaban J connectivity index is 1.82. The Kier molecular flexibility index (Phi) is 5.94. The molecular weight excluding hydrogens is 406 g/mol. The highest BCUT2D eigenvalue weighted by Gasteiger charge is 2.46. The summed E-state index contributed by atoms with van der Waals surface area (Å²) in [5.74, 6) is -1.09. The van der Waals surface area contributed by atoms with Crippen molar-refractivity contribution in [3.63, 3.8) is 0 Å². The molecule has 2 N–H and O–H groups in total. The number of phenols is 1. The lowest BCUT2D eigenvalue weighted by Gasteiger charge is -2.25. The van der Waals surface area contributed by atoms with E-state index < -0.39 is 17.7 Å². The van der Waals surface area contributed by atoms with Crippen LogP contribution in [0.2, 0.25) is 0 Å². The highest BCUT2D eigenvalue weighted by atomic mass is 16.5. The van der Waals surface area contributed by atoms with E-state index in [-0.39, 0.29) is 23.6 Å². The fraction of sp³-hybridized carbons (Fsp3) is 0.154. The lowest BCUT2D eigenvalue weighted by Crippen LogP contribution is -2.29.